The molecule has 3 aromatic carbocycles. The third kappa shape index (κ3) is 8.06. The smallest absolute Gasteiger partial charge is 0.347 e. The molecule has 0 radical (unpaired) electrons. The molecule has 0 fully saturated rings. The van der Waals surface area contributed by atoms with Gasteiger partial charge in [-0.25, -0.2) is 4.79 Å². The molecule has 1 heterocycles. The normalized spacial score (nSPS) is 11.3. The van der Waals surface area contributed by atoms with Gasteiger partial charge in [-0.2, -0.15) is 0 Å². The number of carbonyl (C=O) groups excluding carboxylic acids is 2. The van der Waals surface area contributed by atoms with Crippen molar-refractivity contribution in [3.8, 4) is 22.8 Å². The average Bonchev–Trinajstić information content (AvgIpc) is 2.97. The molecule has 0 aliphatic heterocycles. The Balaban J connectivity index is 1.28. The first-order chi connectivity index (χ1) is 19.0. The first-order valence-electron chi connectivity index (χ1n) is 12.6. The molecule has 200 valence electrons. The van der Waals surface area contributed by atoms with Crippen molar-refractivity contribution in [3.63, 3.8) is 0 Å². The van der Waals surface area contributed by atoms with Gasteiger partial charge in [0.05, 0.1) is 23.9 Å². The first-order valence-corrected chi connectivity index (χ1v) is 13.0. The molecule has 39 heavy (non-hydrogen) atoms. The van der Waals surface area contributed by atoms with Crippen LogP contribution in [-0.2, 0) is 16.0 Å². The van der Waals surface area contributed by atoms with Crippen molar-refractivity contribution in [1.82, 2.24) is 10.3 Å². The fraction of sp³-hybridized carbons (Fsp3) is 0.194. The van der Waals surface area contributed by atoms with Crippen LogP contribution in [0.1, 0.15) is 22.8 Å². The molecule has 4 aromatic rings. The second-order valence-corrected chi connectivity index (χ2v) is 8.94. The minimum absolute atomic E-state index is 0.198. The van der Waals surface area contributed by atoms with Crippen molar-refractivity contribution < 1.29 is 23.8 Å². The molecule has 7 nitrogen and oxygen atoms in total. The van der Waals surface area contributed by atoms with Gasteiger partial charge in [-0.05, 0) is 61.0 Å². The molecule has 0 aliphatic carbocycles. The molecule has 4 rings (SSSR count). The van der Waals surface area contributed by atoms with Gasteiger partial charge in [-0.3, -0.25) is 9.78 Å². The molecule has 0 bridgehead atoms. The summed E-state index contributed by atoms with van der Waals surface area (Å²) in [4.78, 5) is 29.3. The molecule has 0 spiro atoms. The van der Waals surface area contributed by atoms with Crippen LogP contribution in [-0.4, -0.2) is 42.7 Å². The SMILES string of the molecule is CCOC(=O)C(Cc1ccc(OCCNC(=O)c2ccc(-c3ccccn3)cc2)c(Cl)c1)Oc1ccccc1. The Hall–Kier alpha value is -4.36. The molecule has 0 aliphatic rings. The van der Waals surface area contributed by atoms with Crippen molar-refractivity contribution in [2.45, 2.75) is 19.4 Å². The lowest BCUT2D eigenvalue weighted by molar-refractivity contribution is -0.151. The minimum Gasteiger partial charge on any atom is -0.490 e. The molecule has 0 saturated carbocycles. The number of hydrogen-bond acceptors (Lipinski definition) is 6. The van der Waals surface area contributed by atoms with Gasteiger partial charge >= 0.3 is 5.97 Å². The highest BCUT2D eigenvalue weighted by Crippen LogP contribution is 2.27. The molecule has 1 unspecified atom stereocenters. The standard InChI is InChI=1S/C31H29ClN2O5/c1-2-37-31(36)29(39-25-8-4-3-5-9-25)21-22-11-16-28(26(32)20-22)38-19-18-34-30(35)24-14-12-23(13-15-24)27-10-6-7-17-33-27/h3-17,20,29H,2,18-19,21H2,1H3,(H,34,35). The zero-order valence-electron chi connectivity index (χ0n) is 21.5. The van der Waals surface area contributed by atoms with Gasteiger partial charge in [0, 0.05) is 23.7 Å². The van der Waals surface area contributed by atoms with Gasteiger partial charge in [-0.1, -0.05) is 54.1 Å². The van der Waals surface area contributed by atoms with E-state index < -0.39 is 12.1 Å². The fourth-order valence-corrected chi connectivity index (χ4v) is 4.09. The Morgan fingerprint density at radius 1 is 0.949 bits per heavy atom. The summed E-state index contributed by atoms with van der Waals surface area (Å²) in [5, 5.41) is 3.24. The predicted molar refractivity (Wildman–Crippen MR) is 150 cm³/mol. The van der Waals surface area contributed by atoms with E-state index in [9.17, 15) is 9.59 Å². The summed E-state index contributed by atoms with van der Waals surface area (Å²) >= 11 is 6.44. The number of esters is 1. The Labute approximate surface area is 232 Å². The topological polar surface area (TPSA) is 86.8 Å². The zero-order chi connectivity index (χ0) is 27.5. The van der Waals surface area contributed by atoms with E-state index in [0.717, 1.165) is 16.8 Å². The third-order valence-electron chi connectivity index (χ3n) is 5.74. The zero-order valence-corrected chi connectivity index (χ0v) is 22.3. The monoisotopic (exact) mass is 544 g/mol. The number of rotatable bonds is 12. The summed E-state index contributed by atoms with van der Waals surface area (Å²) in [6.45, 7) is 2.55. The molecule has 1 N–H and O–H groups in total. The third-order valence-corrected chi connectivity index (χ3v) is 6.04. The Bertz CT molecular complexity index is 1370. The highest BCUT2D eigenvalue weighted by molar-refractivity contribution is 6.32. The van der Waals surface area contributed by atoms with Gasteiger partial charge in [-0.15, -0.1) is 0 Å². The molecule has 1 amide bonds. The lowest BCUT2D eigenvalue weighted by atomic mass is 10.1. The Morgan fingerprint density at radius 2 is 1.72 bits per heavy atom. The molecule has 1 atom stereocenters. The number of ether oxygens (including phenoxy) is 3. The van der Waals surface area contributed by atoms with E-state index in [1.165, 1.54) is 0 Å². The van der Waals surface area contributed by atoms with Gasteiger partial charge in [0.2, 0.25) is 0 Å². The van der Waals surface area contributed by atoms with Crippen molar-refractivity contribution in [2.75, 3.05) is 19.8 Å². The summed E-state index contributed by atoms with van der Waals surface area (Å²) in [6.07, 6.45) is 1.20. The van der Waals surface area contributed by atoms with Crippen molar-refractivity contribution in [2.24, 2.45) is 0 Å². The van der Waals surface area contributed by atoms with Crippen LogP contribution in [0.15, 0.2) is 97.2 Å². The highest BCUT2D eigenvalue weighted by atomic mass is 35.5. The van der Waals surface area contributed by atoms with Crippen molar-refractivity contribution >= 4 is 23.5 Å². The summed E-state index contributed by atoms with van der Waals surface area (Å²) in [5.74, 6) is 0.412. The number of benzene rings is 3. The summed E-state index contributed by atoms with van der Waals surface area (Å²) in [5.41, 5.74) is 3.13. The van der Waals surface area contributed by atoms with E-state index in [1.54, 1.807) is 49.5 Å². The number of pyridine rings is 1. The Morgan fingerprint density at radius 3 is 2.41 bits per heavy atom. The van der Waals surface area contributed by atoms with E-state index in [2.05, 4.69) is 10.3 Å². The van der Waals surface area contributed by atoms with E-state index >= 15 is 0 Å². The minimum atomic E-state index is -0.816. The van der Waals surface area contributed by atoms with Crippen LogP contribution in [0.4, 0.5) is 0 Å². The number of hydrogen-bond donors (Lipinski definition) is 1. The maximum Gasteiger partial charge on any atom is 0.347 e. The lowest BCUT2D eigenvalue weighted by Gasteiger charge is -2.18. The van der Waals surface area contributed by atoms with Crippen LogP contribution in [0.3, 0.4) is 0 Å². The maximum absolute atomic E-state index is 12.5. The summed E-state index contributed by atoms with van der Waals surface area (Å²) in [6, 6.07) is 27.4. The molecule has 8 heteroatoms. The van der Waals surface area contributed by atoms with Crippen LogP contribution >= 0.6 is 11.6 Å². The quantitative estimate of drug-likeness (QED) is 0.180. The van der Waals surface area contributed by atoms with Gasteiger partial charge in [0.25, 0.3) is 5.91 Å². The summed E-state index contributed by atoms with van der Waals surface area (Å²) < 4.78 is 16.8. The van der Waals surface area contributed by atoms with Gasteiger partial charge < -0.3 is 19.5 Å². The second kappa shape index (κ2) is 14.0. The van der Waals surface area contributed by atoms with E-state index in [-0.39, 0.29) is 25.5 Å². The van der Waals surface area contributed by atoms with Crippen molar-refractivity contribution in [3.05, 3.63) is 113 Å². The van der Waals surface area contributed by atoms with Crippen LogP contribution in [0.25, 0.3) is 11.3 Å². The first kappa shape index (κ1) is 27.7. The Kier molecular flexibility index (Phi) is 9.92. The number of halogens is 1. The molecule has 0 saturated heterocycles. The van der Waals surface area contributed by atoms with Crippen LogP contribution in [0.5, 0.6) is 11.5 Å². The maximum atomic E-state index is 12.5. The largest absolute Gasteiger partial charge is 0.490 e. The molecular weight excluding hydrogens is 516 g/mol. The lowest BCUT2D eigenvalue weighted by Crippen LogP contribution is -2.31. The van der Waals surface area contributed by atoms with Crippen LogP contribution in [0.2, 0.25) is 5.02 Å². The van der Waals surface area contributed by atoms with Gasteiger partial charge in [0.15, 0.2) is 6.10 Å². The van der Waals surface area contributed by atoms with Crippen LogP contribution in [0, 0.1) is 0 Å². The second-order valence-electron chi connectivity index (χ2n) is 8.54. The number of nitrogens with one attached hydrogen (secondary N) is 1. The van der Waals surface area contributed by atoms with Crippen LogP contribution < -0.4 is 14.8 Å². The van der Waals surface area contributed by atoms with E-state index in [4.69, 9.17) is 25.8 Å². The predicted octanol–water partition coefficient (Wildman–Crippen LogP) is 5.76. The average molecular weight is 545 g/mol. The highest BCUT2D eigenvalue weighted by Gasteiger charge is 2.23. The number of amides is 1. The molecular formula is C31H29ClN2O5. The number of para-hydroxylation sites is 1. The van der Waals surface area contributed by atoms with Crippen molar-refractivity contribution in [1.29, 1.82) is 0 Å². The number of carbonyl (C=O) groups is 2. The molecule has 1 aromatic heterocycles. The van der Waals surface area contributed by atoms with Gasteiger partial charge in [0.1, 0.15) is 18.1 Å². The fourth-order valence-electron chi connectivity index (χ4n) is 3.83. The van der Waals surface area contributed by atoms with E-state index in [1.807, 2.05) is 54.6 Å². The number of nitrogens with zero attached hydrogens (tertiary/aromatic N) is 1. The number of aromatic nitrogens is 1. The van der Waals surface area contributed by atoms with E-state index in [0.29, 0.717) is 28.6 Å². The summed E-state index contributed by atoms with van der Waals surface area (Å²) in [7, 11) is 0.